The lowest BCUT2D eigenvalue weighted by Gasteiger charge is -2.25. The van der Waals surface area contributed by atoms with Crippen LogP contribution < -0.4 is 0 Å². The van der Waals surface area contributed by atoms with Crippen molar-refractivity contribution in [2.45, 2.75) is 45.6 Å². The molecule has 0 bridgehead atoms. The highest BCUT2D eigenvalue weighted by atomic mass is 19.1. The van der Waals surface area contributed by atoms with Gasteiger partial charge < -0.3 is 9.88 Å². The number of aromatic nitrogens is 1. The molecule has 1 saturated heterocycles. The van der Waals surface area contributed by atoms with Crippen molar-refractivity contribution in [1.29, 1.82) is 0 Å². The van der Waals surface area contributed by atoms with Crippen LogP contribution in [-0.2, 0) is 4.79 Å². The van der Waals surface area contributed by atoms with E-state index in [0.29, 0.717) is 5.92 Å². The molecule has 1 unspecified atom stereocenters. The Hall–Kier alpha value is -1.84. The lowest BCUT2D eigenvalue weighted by molar-refractivity contribution is -0.130. The predicted molar refractivity (Wildman–Crippen MR) is 86.2 cm³/mol. The molecule has 1 aliphatic heterocycles. The van der Waals surface area contributed by atoms with E-state index >= 15 is 0 Å². The number of benzene rings is 1. The molecular weight excluding hydrogens is 279 g/mol. The number of halogens is 1. The Balaban J connectivity index is 1.99. The molecule has 1 aromatic carbocycles. The number of aromatic amines is 1. The largest absolute Gasteiger partial charge is 0.361 e. The number of rotatable bonds is 3. The number of hydrogen-bond donors (Lipinski definition) is 1. The lowest BCUT2D eigenvalue weighted by Crippen LogP contribution is -2.35. The van der Waals surface area contributed by atoms with Crippen molar-refractivity contribution in [1.82, 2.24) is 9.88 Å². The number of carbonyl (C=O) groups excluding carboxylic acids is 1. The monoisotopic (exact) mass is 302 g/mol. The molecule has 1 aliphatic rings. The number of H-pyrrole nitrogens is 1. The molecule has 22 heavy (non-hydrogen) atoms. The zero-order valence-electron chi connectivity index (χ0n) is 13.4. The third-order valence-corrected chi connectivity index (χ3v) is 5.10. The van der Waals surface area contributed by atoms with Gasteiger partial charge in [-0.15, -0.1) is 0 Å². The van der Waals surface area contributed by atoms with Gasteiger partial charge in [0.25, 0.3) is 0 Å². The van der Waals surface area contributed by atoms with Crippen LogP contribution in [0.3, 0.4) is 0 Å². The first-order valence-electron chi connectivity index (χ1n) is 8.06. The topological polar surface area (TPSA) is 36.1 Å². The Morgan fingerprint density at radius 3 is 2.91 bits per heavy atom. The molecule has 118 valence electrons. The Morgan fingerprint density at radius 1 is 1.45 bits per heavy atom. The zero-order chi connectivity index (χ0) is 15.9. The van der Waals surface area contributed by atoms with Crippen molar-refractivity contribution >= 4 is 16.8 Å². The van der Waals surface area contributed by atoms with Gasteiger partial charge in [0.2, 0.25) is 5.91 Å². The molecule has 1 amide bonds. The molecule has 0 radical (unpaired) electrons. The van der Waals surface area contributed by atoms with E-state index in [1.54, 1.807) is 19.1 Å². The van der Waals surface area contributed by atoms with E-state index in [4.69, 9.17) is 0 Å². The van der Waals surface area contributed by atoms with Crippen LogP contribution in [0.2, 0.25) is 0 Å². The molecule has 2 heterocycles. The molecule has 0 aliphatic carbocycles. The molecule has 1 aromatic heterocycles. The first kappa shape index (κ1) is 15.1. The molecule has 4 heteroatoms. The summed E-state index contributed by atoms with van der Waals surface area (Å²) in [5.74, 6) is 0.563. The van der Waals surface area contributed by atoms with Gasteiger partial charge in [0, 0.05) is 42.5 Å². The summed E-state index contributed by atoms with van der Waals surface area (Å²) in [5, 5.41) is 0.942. The van der Waals surface area contributed by atoms with Gasteiger partial charge in [0.05, 0.1) is 0 Å². The van der Waals surface area contributed by atoms with Crippen molar-refractivity contribution in [2.24, 2.45) is 5.92 Å². The Labute approximate surface area is 130 Å². The smallest absolute Gasteiger partial charge is 0.219 e. The molecule has 3 rings (SSSR count). The highest BCUT2D eigenvalue weighted by molar-refractivity contribution is 5.84. The van der Waals surface area contributed by atoms with Crippen molar-refractivity contribution in [3.63, 3.8) is 0 Å². The van der Waals surface area contributed by atoms with Crippen LogP contribution >= 0.6 is 0 Å². The van der Waals surface area contributed by atoms with E-state index in [2.05, 4.69) is 18.8 Å². The first-order chi connectivity index (χ1) is 10.5. The third kappa shape index (κ3) is 2.40. The Bertz CT molecular complexity index is 693. The molecule has 3 atom stereocenters. The summed E-state index contributed by atoms with van der Waals surface area (Å²) in [6, 6.07) is 5.13. The minimum Gasteiger partial charge on any atom is -0.361 e. The third-order valence-electron chi connectivity index (χ3n) is 5.10. The van der Waals surface area contributed by atoms with Crippen molar-refractivity contribution in [3.05, 3.63) is 35.8 Å². The molecule has 0 saturated carbocycles. The average molecular weight is 302 g/mol. The van der Waals surface area contributed by atoms with Crippen LogP contribution in [0.5, 0.6) is 0 Å². The minimum absolute atomic E-state index is 0.138. The van der Waals surface area contributed by atoms with Gasteiger partial charge >= 0.3 is 0 Å². The van der Waals surface area contributed by atoms with Crippen LogP contribution in [0.4, 0.5) is 4.39 Å². The summed E-state index contributed by atoms with van der Waals surface area (Å²) in [5.41, 5.74) is 2.09. The van der Waals surface area contributed by atoms with Gasteiger partial charge in [0.1, 0.15) is 5.82 Å². The number of amides is 1. The average Bonchev–Trinajstić information content (AvgIpc) is 3.01. The van der Waals surface area contributed by atoms with Gasteiger partial charge in [-0.3, -0.25) is 4.79 Å². The van der Waals surface area contributed by atoms with Crippen molar-refractivity contribution < 1.29 is 9.18 Å². The second-order valence-corrected chi connectivity index (χ2v) is 6.43. The van der Waals surface area contributed by atoms with Crippen molar-refractivity contribution in [2.75, 3.05) is 6.54 Å². The van der Waals surface area contributed by atoms with Crippen LogP contribution in [0.15, 0.2) is 24.4 Å². The number of likely N-dealkylation sites (tertiary alicyclic amines) is 1. The molecule has 3 nitrogen and oxygen atoms in total. The Kier molecular flexibility index (Phi) is 3.94. The number of carbonyl (C=O) groups is 1. The minimum atomic E-state index is -0.215. The maximum Gasteiger partial charge on any atom is 0.219 e. The molecule has 1 fully saturated rings. The second-order valence-electron chi connectivity index (χ2n) is 6.43. The Morgan fingerprint density at radius 2 is 2.23 bits per heavy atom. The normalized spacial score (nSPS) is 25.1. The van der Waals surface area contributed by atoms with E-state index in [9.17, 15) is 9.18 Å². The zero-order valence-corrected chi connectivity index (χ0v) is 13.4. The fourth-order valence-corrected chi connectivity index (χ4v) is 3.94. The van der Waals surface area contributed by atoms with E-state index in [0.717, 1.165) is 35.9 Å². The number of fused-ring (bicyclic) bond motifs is 1. The second kappa shape index (κ2) is 5.75. The van der Waals surface area contributed by atoms with E-state index in [1.165, 1.54) is 6.07 Å². The highest BCUT2D eigenvalue weighted by Crippen LogP contribution is 2.41. The lowest BCUT2D eigenvalue weighted by atomic mass is 9.85. The van der Waals surface area contributed by atoms with Gasteiger partial charge in [-0.05, 0) is 36.1 Å². The molecule has 0 spiro atoms. The van der Waals surface area contributed by atoms with E-state index in [1.807, 2.05) is 11.1 Å². The SMILES string of the molecule is CCC[C@@H]1C(C)[C@@H](c2c[nH]c3ccc(F)cc23)CN1C(C)=O. The number of nitrogens with zero attached hydrogens (tertiary/aromatic N) is 1. The van der Waals surface area contributed by atoms with Crippen LogP contribution in [0, 0.1) is 11.7 Å². The maximum absolute atomic E-state index is 13.6. The summed E-state index contributed by atoms with van der Waals surface area (Å²) in [6.07, 6.45) is 4.07. The fourth-order valence-electron chi connectivity index (χ4n) is 3.94. The first-order valence-corrected chi connectivity index (χ1v) is 8.06. The van der Waals surface area contributed by atoms with E-state index in [-0.39, 0.29) is 23.7 Å². The van der Waals surface area contributed by atoms with Crippen LogP contribution in [0.1, 0.15) is 45.1 Å². The standard InChI is InChI=1S/C18H23FN2O/c1-4-5-18-11(2)16(10-21(18)12(3)22)15-9-20-17-7-6-13(19)8-14(15)17/h6-9,11,16,18,20H,4-5,10H2,1-3H3/t11?,16-,18+/m0/s1. The van der Waals surface area contributed by atoms with Gasteiger partial charge in [-0.1, -0.05) is 20.3 Å². The van der Waals surface area contributed by atoms with Gasteiger partial charge in [-0.2, -0.15) is 0 Å². The van der Waals surface area contributed by atoms with Gasteiger partial charge in [-0.25, -0.2) is 4.39 Å². The van der Waals surface area contributed by atoms with E-state index < -0.39 is 0 Å². The molecular formula is C18H23FN2O. The predicted octanol–water partition coefficient (Wildman–Crippen LogP) is 4.06. The van der Waals surface area contributed by atoms with Gasteiger partial charge in [0.15, 0.2) is 0 Å². The molecule has 2 aromatic rings. The number of hydrogen-bond acceptors (Lipinski definition) is 1. The summed E-state index contributed by atoms with van der Waals surface area (Å²) < 4.78 is 13.6. The summed E-state index contributed by atoms with van der Waals surface area (Å²) >= 11 is 0. The maximum atomic E-state index is 13.6. The van der Waals surface area contributed by atoms with Crippen molar-refractivity contribution in [3.8, 4) is 0 Å². The highest BCUT2D eigenvalue weighted by Gasteiger charge is 2.41. The summed E-state index contributed by atoms with van der Waals surface area (Å²) in [4.78, 5) is 17.2. The van der Waals surface area contributed by atoms with Crippen LogP contribution in [0.25, 0.3) is 10.9 Å². The number of nitrogens with one attached hydrogen (secondary N) is 1. The summed E-state index contributed by atoms with van der Waals surface area (Å²) in [7, 11) is 0. The summed E-state index contributed by atoms with van der Waals surface area (Å²) in [6.45, 7) is 6.74. The quantitative estimate of drug-likeness (QED) is 0.912. The molecule has 1 N–H and O–H groups in total. The fraction of sp³-hybridized carbons (Fsp3) is 0.500. The van der Waals surface area contributed by atoms with Crippen LogP contribution in [-0.4, -0.2) is 28.4 Å².